The Morgan fingerprint density at radius 3 is 2.53 bits per heavy atom. The van der Waals surface area contributed by atoms with Gasteiger partial charge in [0, 0.05) is 17.8 Å². The second-order valence-corrected chi connectivity index (χ2v) is 7.29. The second kappa shape index (κ2) is 3.81. The van der Waals surface area contributed by atoms with E-state index in [1.165, 1.54) is 0 Å². The van der Waals surface area contributed by atoms with E-state index in [0.29, 0.717) is 13.0 Å². The lowest BCUT2D eigenvalue weighted by Crippen LogP contribution is -2.33. The molecule has 0 spiro atoms. The van der Waals surface area contributed by atoms with Crippen LogP contribution in [0.2, 0.25) is 0 Å². The highest BCUT2D eigenvalue weighted by Crippen LogP contribution is 2.32. The standard InChI is InChI=1S/C11H19N3O2S/c1-8-10(6-12)9(2)14(13-8)11(3)4-5-17(15,16)7-11/h4-7,12H2,1-3H3. The fourth-order valence-electron chi connectivity index (χ4n) is 2.66. The van der Waals surface area contributed by atoms with E-state index >= 15 is 0 Å². The molecule has 1 saturated heterocycles. The fraction of sp³-hybridized carbons (Fsp3) is 0.727. The Morgan fingerprint density at radius 2 is 2.12 bits per heavy atom. The van der Waals surface area contributed by atoms with Crippen LogP contribution < -0.4 is 5.73 Å². The fourth-order valence-corrected chi connectivity index (χ4v) is 4.77. The molecular weight excluding hydrogens is 238 g/mol. The van der Waals surface area contributed by atoms with Gasteiger partial charge in [-0.15, -0.1) is 0 Å². The average molecular weight is 257 g/mol. The predicted octanol–water partition coefficient (Wildman–Crippen LogP) is 0.492. The zero-order chi connectivity index (χ0) is 12.8. The maximum Gasteiger partial charge on any atom is 0.152 e. The minimum atomic E-state index is -2.92. The summed E-state index contributed by atoms with van der Waals surface area (Å²) in [4.78, 5) is 0. The van der Waals surface area contributed by atoms with E-state index in [1.54, 1.807) is 0 Å². The Bertz CT molecular complexity index is 547. The van der Waals surface area contributed by atoms with Gasteiger partial charge in [-0.05, 0) is 27.2 Å². The first kappa shape index (κ1) is 12.6. The molecule has 2 heterocycles. The van der Waals surface area contributed by atoms with Gasteiger partial charge in [-0.25, -0.2) is 8.42 Å². The maximum absolute atomic E-state index is 11.6. The van der Waals surface area contributed by atoms with Gasteiger partial charge in [0.1, 0.15) is 0 Å². The van der Waals surface area contributed by atoms with Crippen molar-refractivity contribution in [2.75, 3.05) is 11.5 Å². The van der Waals surface area contributed by atoms with Gasteiger partial charge in [0.2, 0.25) is 0 Å². The van der Waals surface area contributed by atoms with Gasteiger partial charge < -0.3 is 5.73 Å². The van der Waals surface area contributed by atoms with Crippen molar-refractivity contribution < 1.29 is 8.42 Å². The number of nitrogens with zero attached hydrogens (tertiary/aromatic N) is 2. The quantitative estimate of drug-likeness (QED) is 0.836. The second-order valence-electron chi connectivity index (χ2n) is 5.10. The molecule has 0 amide bonds. The molecule has 1 aromatic heterocycles. The Balaban J connectivity index is 2.48. The van der Waals surface area contributed by atoms with E-state index < -0.39 is 15.4 Å². The molecule has 1 atom stereocenters. The summed E-state index contributed by atoms with van der Waals surface area (Å²) in [6, 6.07) is 0. The summed E-state index contributed by atoms with van der Waals surface area (Å²) in [7, 11) is -2.92. The lowest BCUT2D eigenvalue weighted by Gasteiger charge is -2.24. The molecule has 2 rings (SSSR count). The van der Waals surface area contributed by atoms with E-state index in [-0.39, 0.29) is 11.5 Å². The number of aryl methyl sites for hydroxylation is 1. The Labute approximate surface area is 102 Å². The van der Waals surface area contributed by atoms with Crippen LogP contribution >= 0.6 is 0 Å². The van der Waals surface area contributed by atoms with Crippen LogP contribution in [0, 0.1) is 13.8 Å². The molecule has 1 aromatic rings. The first-order chi connectivity index (χ1) is 7.79. The normalized spacial score (nSPS) is 27.5. The summed E-state index contributed by atoms with van der Waals surface area (Å²) < 4.78 is 25.1. The number of nitrogens with two attached hydrogens (primary N) is 1. The molecule has 17 heavy (non-hydrogen) atoms. The Morgan fingerprint density at radius 1 is 1.47 bits per heavy atom. The van der Waals surface area contributed by atoms with E-state index in [2.05, 4.69) is 5.10 Å². The topological polar surface area (TPSA) is 78.0 Å². The SMILES string of the molecule is Cc1nn(C2(C)CCS(=O)(=O)C2)c(C)c1CN. The molecule has 0 saturated carbocycles. The molecule has 0 bridgehead atoms. The van der Waals surface area contributed by atoms with Gasteiger partial charge in [-0.1, -0.05) is 0 Å². The number of aromatic nitrogens is 2. The lowest BCUT2D eigenvalue weighted by atomic mass is 10.0. The van der Waals surface area contributed by atoms with Crippen molar-refractivity contribution in [1.82, 2.24) is 9.78 Å². The third-order valence-corrected chi connectivity index (χ3v) is 5.53. The first-order valence-corrected chi connectivity index (χ1v) is 7.57. The van der Waals surface area contributed by atoms with Crippen LogP contribution in [0.1, 0.15) is 30.3 Å². The summed E-state index contributed by atoms with van der Waals surface area (Å²) in [5.74, 6) is 0.422. The van der Waals surface area contributed by atoms with Crippen LogP contribution in [0.15, 0.2) is 0 Å². The predicted molar refractivity (Wildman–Crippen MR) is 66.5 cm³/mol. The van der Waals surface area contributed by atoms with Gasteiger partial charge >= 0.3 is 0 Å². The molecule has 96 valence electrons. The van der Waals surface area contributed by atoms with Crippen molar-refractivity contribution in [3.8, 4) is 0 Å². The van der Waals surface area contributed by atoms with Crippen LogP contribution in [-0.2, 0) is 21.9 Å². The third kappa shape index (κ3) is 1.99. The van der Waals surface area contributed by atoms with E-state index in [0.717, 1.165) is 17.0 Å². The van der Waals surface area contributed by atoms with E-state index in [9.17, 15) is 8.42 Å². The third-order valence-electron chi connectivity index (χ3n) is 3.64. The number of sulfone groups is 1. The summed E-state index contributed by atoms with van der Waals surface area (Å²) in [6.07, 6.45) is 0.626. The number of hydrogen-bond acceptors (Lipinski definition) is 4. The zero-order valence-corrected chi connectivity index (χ0v) is 11.3. The summed E-state index contributed by atoms with van der Waals surface area (Å²) in [6.45, 7) is 6.27. The molecule has 6 heteroatoms. The molecule has 1 fully saturated rings. The van der Waals surface area contributed by atoms with Crippen molar-refractivity contribution in [2.24, 2.45) is 5.73 Å². The van der Waals surface area contributed by atoms with Gasteiger partial charge in [-0.2, -0.15) is 5.10 Å². The van der Waals surface area contributed by atoms with Crippen molar-refractivity contribution in [2.45, 2.75) is 39.3 Å². The maximum atomic E-state index is 11.6. The molecule has 1 aliphatic rings. The van der Waals surface area contributed by atoms with Crippen molar-refractivity contribution in [1.29, 1.82) is 0 Å². The van der Waals surface area contributed by atoms with Gasteiger partial charge in [-0.3, -0.25) is 4.68 Å². The highest BCUT2D eigenvalue weighted by atomic mass is 32.2. The largest absolute Gasteiger partial charge is 0.326 e. The van der Waals surface area contributed by atoms with Gasteiger partial charge in [0.25, 0.3) is 0 Å². The minimum absolute atomic E-state index is 0.173. The monoisotopic (exact) mass is 257 g/mol. The number of hydrogen-bond donors (Lipinski definition) is 1. The van der Waals surface area contributed by atoms with Crippen LogP contribution in [0.5, 0.6) is 0 Å². The summed E-state index contributed by atoms with van der Waals surface area (Å²) in [5, 5.41) is 4.47. The molecular formula is C11H19N3O2S. The lowest BCUT2D eigenvalue weighted by molar-refractivity contribution is 0.320. The molecule has 5 nitrogen and oxygen atoms in total. The Hall–Kier alpha value is -0.880. The molecule has 0 aliphatic carbocycles. The Kier molecular flexibility index (Phi) is 2.82. The first-order valence-electron chi connectivity index (χ1n) is 5.75. The van der Waals surface area contributed by atoms with Gasteiger partial charge in [0.15, 0.2) is 9.84 Å². The average Bonchev–Trinajstić information content (AvgIpc) is 2.66. The minimum Gasteiger partial charge on any atom is -0.326 e. The van der Waals surface area contributed by atoms with E-state index in [1.807, 2.05) is 25.5 Å². The van der Waals surface area contributed by atoms with Crippen LogP contribution in [-0.4, -0.2) is 29.7 Å². The highest BCUT2D eigenvalue weighted by molar-refractivity contribution is 7.91. The van der Waals surface area contributed by atoms with Crippen molar-refractivity contribution >= 4 is 9.84 Å². The number of rotatable bonds is 2. The van der Waals surface area contributed by atoms with Gasteiger partial charge in [0.05, 0.1) is 22.7 Å². The molecule has 1 aliphatic heterocycles. The van der Waals surface area contributed by atoms with Crippen LogP contribution in [0.3, 0.4) is 0 Å². The summed E-state index contributed by atoms with van der Waals surface area (Å²) >= 11 is 0. The molecule has 1 unspecified atom stereocenters. The smallest absolute Gasteiger partial charge is 0.152 e. The zero-order valence-electron chi connectivity index (χ0n) is 10.5. The molecule has 0 radical (unpaired) electrons. The van der Waals surface area contributed by atoms with Crippen LogP contribution in [0.4, 0.5) is 0 Å². The van der Waals surface area contributed by atoms with Crippen LogP contribution in [0.25, 0.3) is 0 Å². The molecule has 0 aromatic carbocycles. The molecule has 2 N–H and O–H groups in total. The highest BCUT2D eigenvalue weighted by Gasteiger charge is 2.41. The van der Waals surface area contributed by atoms with Crippen molar-refractivity contribution in [3.63, 3.8) is 0 Å². The summed E-state index contributed by atoms with van der Waals surface area (Å²) in [5.41, 5.74) is 8.19. The van der Waals surface area contributed by atoms with E-state index in [4.69, 9.17) is 5.73 Å². The van der Waals surface area contributed by atoms with Crippen molar-refractivity contribution in [3.05, 3.63) is 17.0 Å².